The van der Waals surface area contributed by atoms with Gasteiger partial charge in [0.05, 0.1) is 18.1 Å². The van der Waals surface area contributed by atoms with Crippen molar-refractivity contribution in [1.29, 1.82) is 0 Å². The van der Waals surface area contributed by atoms with E-state index in [1.54, 1.807) is 19.3 Å². The van der Waals surface area contributed by atoms with Crippen LogP contribution in [0.25, 0.3) is 0 Å². The minimum absolute atomic E-state index is 0.0233. The van der Waals surface area contributed by atoms with Gasteiger partial charge < -0.3 is 19.8 Å². The second-order valence-corrected chi connectivity index (χ2v) is 6.21. The summed E-state index contributed by atoms with van der Waals surface area (Å²) in [5.41, 5.74) is -0.0233. The van der Waals surface area contributed by atoms with Crippen LogP contribution in [0.2, 0.25) is 0 Å². The van der Waals surface area contributed by atoms with Crippen molar-refractivity contribution >= 4 is 30.1 Å². The molecule has 0 spiro atoms. The standard InChI is InChI=1S/C14H17NO6S/c1-7(17)3-4-22-10-5-9-11(8(2)21-6-16)13(18)15(9)12(10)14(19)20/h3-4,6-9,11,17H,5H2,1-2H3,(H,19,20)/t7?,8-,9-,11-/m1/s1. The predicted octanol–water partition coefficient (Wildman–Crippen LogP) is 0.702. The molecule has 2 aliphatic rings. The number of fused-ring (bicyclic) bond motifs is 1. The number of carbonyl (C=O) groups excluding carboxylic acids is 2. The number of ether oxygens (including phenoxy) is 1. The molecule has 1 unspecified atom stereocenters. The second-order valence-electron chi connectivity index (χ2n) is 5.21. The van der Waals surface area contributed by atoms with Gasteiger partial charge in [-0.1, -0.05) is 0 Å². The minimum atomic E-state index is -1.16. The Morgan fingerprint density at radius 2 is 2.18 bits per heavy atom. The molecule has 1 fully saturated rings. The Balaban J connectivity index is 2.17. The highest BCUT2D eigenvalue weighted by Crippen LogP contribution is 2.47. The lowest BCUT2D eigenvalue weighted by molar-refractivity contribution is -0.165. The van der Waals surface area contributed by atoms with E-state index in [0.717, 1.165) is 0 Å². The number of thioether (sulfide) groups is 1. The monoisotopic (exact) mass is 327 g/mol. The van der Waals surface area contributed by atoms with Gasteiger partial charge in [0.15, 0.2) is 0 Å². The molecule has 7 nitrogen and oxygen atoms in total. The maximum atomic E-state index is 12.2. The molecule has 1 saturated heterocycles. The van der Waals surface area contributed by atoms with E-state index in [0.29, 0.717) is 17.8 Å². The fourth-order valence-corrected chi connectivity index (χ4v) is 3.76. The average Bonchev–Trinajstić information content (AvgIpc) is 2.73. The number of β-lactam (4-membered cyclic amide) rings is 1. The minimum Gasteiger partial charge on any atom is -0.477 e. The van der Waals surface area contributed by atoms with E-state index in [2.05, 4.69) is 0 Å². The zero-order chi connectivity index (χ0) is 16.4. The average molecular weight is 327 g/mol. The first kappa shape index (κ1) is 16.6. The van der Waals surface area contributed by atoms with Crippen LogP contribution in [0, 0.1) is 5.92 Å². The molecule has 2 heterocycles. The molecule has 2 rings (SSSR count). The number of aliphatic hydroxyl groups is 1. The summed E-state index contributed by atoms with van der Waals surface area (Å²) in [7, 11) is 0. The van der Waals surface area contributed by atoms with Crippen LogP contribution in [0.5, 0.6) is 0 Å². The fourth-order valence-electron chi connectivity index (χ4n) is 2.73. The molecule has 22 heavy (non-hydrogen) atoms. The van der Waals surface area contributed by atoms with Gasteiger partial charge in [0, 0.05) is 11.3 Å². The number of carbonyl (C=O) groups is 3. The number of amides is 1. The molecule has 0 aliphatic carbocycles. The number of hydrogen-bond acceptors (Lipinski definition) is 6. The smallest absolute Gasteiger partial charge is 0.353 e. The fraction of sp³-hybridized carbons (Fsp3) is 0.500. The Bertz CT molecular complexity index is 556. The molecule has 4 atom stereocenters. The maximum Gasteiger partial charge on any atom is 0.353 e. The normalized spacial score (nSPS) is 26.7. The van der Waals surface area contributed by atoms with Gasteiger partial charge >= 0.3 is 5.97 Å². The lowest BCUT2D eigenvalue weighted by atomic mass is 9.83. The summed E-state index contributed by atoms with van der Waals surface area (Å²) in [6.45, 7) is 3.50. The van der Waals surface area contributed by atoms with Gasteiger partial charge in [0.2, 0.25) is 5.91 Å². The van der Waals surface area contributed by atoms with Crippen LogP contribution in [-0.4, -0.2) is 51.7 Å². The molecular formula is C14H17NO6S. The van der Waals surface area contributed by atoms with Gasteiger partial charge in [0.25, 0.3) is 6.47 Å². The van der Waals surface area contributed by atoms with Gasteiger partial charge in [0.1, 0.15) is 11.8 Å². The van der Waals surface area contributed by atoms with Crippen LogP contribution in [0.15, 0.2) is 22.1 Å². The molecule has 0 aromatic rings. The van der Waals surface area contributed by atoms with Crippen molar-refractivity contribution in [3.05, 3.63) is 22.1 Å². The summed E-state index contributed by atoms with van der Waals surface area (Å²) < 4.78 is 4.82. The first-order chi connectivity index (χ1) is 10.4. The van der Waals surface area contributed by atoms with E-state index in [1.807, 2.05) is 0 Å². The highest BCUT2D eigenvalue weighted by atomic mass is 32.2. The van der Waals surface area contributed by atoms with Crippen molar-refractivity contribution < 1.29 is 29.3 Å². The lowest BCUT2D eigenvalue weighted by Gasteiger charge is -2.45. The number of hydrogen-bond donors (Lipinski definition) is 2. The number of aliphatic carboxylic acids is 1. The van der Waals surface area contributed by atoms with Crippen molar-refractivity contribution in [3.8, 4) is 0 Å². The summed E-state index contributed by atoms with van der Waals surface area (Å²) in [4.78, 5) is 35.8. The SMILES string of the molecule is CC(O)C=CSC1=C(C(=O)O)N2C(=O)[C@H]([C@@H](C)OC=O)[C@H]2C1. The third kappa shape index (κ3) is 2.89. The number of carboxylic acids is 1. The van der Waals surface area contributed by atoms with Crippen LogP contribution >= 0.6 is 11.8 Å². The highest BCUT2D eigenvalue weighted by molar-refractivity contribution is 8.05. The Morgan fingerprint density at radius 1 is 1.50 bits per heavy atom. The second kappa shape index (κ2) is 6.53. The number of nitrogens with zero attached hydrogens (tertiary/aromatic N) is 1. The Labute approximate surface area is 131 Å². The van der Waals surface area contributed by atoms with Crippen molar-refractivity contribution in [3.63, 3.8) is 0 Å². The van der Waals surface area contributed by atoms with Gasteiger partial charge in [-0.3, -0.25) is 9.59 Å². The van der Waals surface area contributed by atoms with Gasteiger partial charge in [-0.25, -0.2) is 4.79 Å². The number of carboxylic acid groups (broad SMARTS) is 1. The molecular weight excluding hydrogens is 310 g/mol. The molecule has 0 saturated carbocycles. The highest BCUT2D eigenvalue weighted by Gasteiger charge is 2.57. The van der Waals surface area contributed by atoms with Gasteiger partial charge in [-0.2, -0.15) is 0 Å². The van der Waals surface area contributed by atoms with E-state index in [9.17, 15) is 24.6 Å². The van der Waals surface area contributed by atoms with E-state index in [4.69, 9.17) is 4.74 Å². The maximum absolute atomic E-state index is 12.2. The largest absolute Gasteiger partial charge is 0.477 e. The quantitative estimate of drug-likeness (QED) is 0.524. The summed E-state index contributed by atoms with van der Waals surface area (Å²) in [5.74, 6) is -2.02. The van der Waals surface area contributed by atoms with Gasteiger partial charge in [-0.05, 0) is 25.3 Å². The van der Waals surface area contributed by atoms with Crippen LogP contribution in [0.4, 0.5) is 0 Å². The Morgan fingerprint density at radius 3 is 2.73 bits per heavy atom. The molecule has 0 bridgehead atoms. The summed E-state index contributed by atoms with van der Waals surface area (Å²) in [5, 5.41) is 20.1. The lowest BCUT2D eigenvalue weighted by Crippen LogP contribution is -2.62. The van der Waals surface area contributed by atoms with E-state index in [-0.39, 0.29) is 17.6 Å². The molecule has 120 valence electrons. The molecule has 8 heteroatoms. The van der Waals surface area contributed by atoms with Gasteiger partial charge in [-0.15, -0.1) is 11.8 Å². The third-order valence-electron chi connectivity index (χ3n) is 3.71. The molecule has 1 amide bonds. The molecule has 0 aromatic heterocycles. The van der Waals surface area contributed by atoms with E-state index >= 15 is 0 Å². The molecule has 0 radical (unpaired) electrons. The van der Waals surface area contributed by atoms with Crippen LogP contribution in [0.1, 0.15) is 20.3 Å². The Hall–Kier alpha value is -1.80. The van der Waals surface area contributed by atoms with Crippen molar-refractivity contribution in [2.75, 3.05) is 0 Å². The van der Waals surface area contributed by atoms with Crippen LogP contribution in [0.3, 0.4) is 0 Å². The van der Waals surface area contributed by atoms with Crippen molar-refractivity contribution in [2.24, 2.45) is 5.92 Å². The first-order valence-corrected chi connectivity index (χ1v) is 7.66. The first-order valence-electron chi connectivity index (χ1n) is 6.78. The molecule has 0 aromatic carbocycles. The molecule has 2 N–H and O–H groups in total. The van der Waals surface area contributed by atoms with Crippen LogP contribution in [-0.2, 0) is 19.1 Å². The third-order valence-corrected chi connectivity index (χ3v) is 4.65. The number of rotatable bonds is 7. The Kier molecular flexibility index (Phi) is 4.92. The van der Waals surface area contributed by atoms with Crippen LogP contribution < -0.4 is 0 Å². The molecule has 2 aliphatic heterocycles. The zero-order valence-corrected chi connectivity index (χ0v) is 12.9. The summed E-state index contributed by atoms with van der Waals surface area (Å²) in [6.07, 6.45) is 0.720. The van der Waals surface area contributed by atoms with E-state index < -0.39 is 24.1 Å². The topological polar surface area (TPSA) is 104 Å². The van der Waals surface area contributed by atoms with E-state index in [1.165, 1.54) is 22.7 Å². The number of aliphatic hydroxyl groups excluding tert-OH is 1. The summed E-state index contributed by atoms with van der Waals surface area (Å²) in [6, 6.07) is -0.295. The van der Waals surface area contributed by atoms with Crippen molar-refractivity contribution in [2.45, 2.75) is 38.5 Å². The zero-order valence-electron chi connectivity index (χ0n) is 12.1. The summed E-state index contributed by atoms with van der Waals surface area (Å²) >= 11 is 1.18. The van der Waals surface area contributed by atoms with Crippen molar-refractivity contribution in [1.82, 2.24) is 4.90 Å². The predicted molar refractivity (Wildman–Crippen MR) is 78.4 cm³/mol.